The molecule has 1 amide bonds. The summed E-state index contributed by atoms with van der Waals surface area (Å²) in [5.74, 6) is 0.0591. The molecule has 0 aliphatic rings. The number of nitrogens with one attached hydrogen (secondary N) is 1. The molecule has 8 heteroatoms. The number of halogens is 1. The molecular weight excluding hydrogens is 430 g/mol. The molecule has 0 radical (unpaired) electrons. The van der Waals surface area contributed by atoms with Crippen LogP contribution in [0.25, 0.3) is 0 Å². The zero-order chi connectivity index (χ0) is 20.8. The van der Waals surface area contributed by atoms with E-state index in [0.717, 1.165) is 0 Å². The van der Waals surface area contributed by atoms with Gasteiger partial charge in [0, 0.05) is 23.6 Å². The summed E-state index contributed by atoms with van der Waals surface area (Å²) in [5.41, 5.74) is 1.08. The summed E-state index contributed by atoms with van der Waals surface area (Å²) in [6.07, 6.45) is 0. The zero-order valence-electron chi connectivity index (χ0n) is 15.9. The average molecular weight is 450 g/mol. The number of Topliss-reactive ketones (excluding diaryl/α,β-unsaturated/α-hetero) is 1. The Hall–Kier alpha value is -2.87. The Morgan fingerprint density at radius 1 is 0.929 bits per heavy atom. The van der Waals surface area contributed by atoms with E-state index < -0.39 is 5.78 Å². The molecule has 2 aromatic carbocycles. The van der Waals surface area contributed by atoms with E-state index >= 15 is 0 Å². The predicted octanol–water partition coefficient (Wildman–Crippen LogP) is 3.48. The highest BCUT2D eigenvalue weighted by Gasteiger charge is 2.21. The average Bonchev–Trinajstić information content (AvgIpc) is 2.71. The van der Waals surface area contributed by atoms with Crippen molar-refractivity contribution in [2.24, 2.45) is 0 Å². The summed E-state index contributed by atoms with van der Waals surface area (Å²) in [6, 6.07) is 7.57. The smallest absolute Gasteiger partial charge is 0.221 e. The minimum absolute atomic E-state index is 0.115. The third-order valence-electron chi connectivity index (χ3n) is 3.95. The molecule has 0 heterocycles. The molecule has 0 saturated carbocycles. The van der Waals surface area contributed by atoms with E-state index in [9.17, 15) is 14.4 Å². The van der Waals surface area contributed by atoms with Crippen LogP contribution >= 0.6 is 15.9 Å². The van der Waals surface area contributed by atoms with Crippen molar-refractivity contribution in [1.29, 1.82) is 0 Å². The quantitative estimate of drug-likeness (QED) is 0.489. The van der Waals surface area contributed by atoms with Crippen LogP contribution in [0.2, 0.25) is 0 Å². The molecular formula is C20H20BrNO6. The molecule has 148 valence electrons. The number of hydrogen-bond donors (Lipinski definition) is 1. The number of methoxy groups -OCH3 is 3. The van der Waals surface area contributed by atoms with E-state index in [1.165, 1.54) is 52.5 Å². The first-order valence-corrected chi connectivity index (χ1v) is 9.33. The van der Waals surface area contributed by atoms with Crippen LogP contribution in [0.4, 0.5) is 5.69 Å². The standard InChI is InChI=1S/C20H20BrNO6/c1-11(23)22-15-6-5-12(16(24)10-21)7-14(15)19(25)13-8-17(26-2)20(28-4)18(9-13)27-3/h5-9H,10H2,1-4H3,(H,22,23). The number of benzene rings is 2. The van der Waals surface area contributed by atoms with Crippen molar-refractivity contribution in [2.75, 3.05) is 32.0 Å². The Labute approximate surface area is 171 Å². The first-order chi connectivity index (χ1) is 13.4. The van der Waals surface area contributed by atoms with Crippen LogP contribution in [0.1, 0.15) is 33.2 Å². The van der Waals surface area contributed by atoms with Crippen molar-refractivity contribution in [3.63, 3.8) is 0 Å². The fourth-order valence-corrected chi connectivity index (χ4v) is 2.97. The maximum Gasteiger partial charge on any atom is 0.221 e. The van der Waals surface area contributed by atoms with E-state index in [1.54, 1.807) is 6.07 Å². The van der Waals surface area contributed by atoms with Gasteiger partial charge in [-0.2, -0.15) is 0 Å². The number of hydrogen-bond acceptors (Lipinski definition) is 6. The Morgan fingerprint density at radius 3 is 2.00 bits per heavy atom. The van der Waals surface area contributed by atoms with Gasteiger partial charge in [0.15, 0.2) is 23.1 Å². The Bertz CT molecular complexity index is 900. The number of carbonyl (C=O) groups excluding carboxylic acids is 3. The van der Waals surface area contributed by atoms with Crippen LogP contribution in [0.15, 0.2) is 30.3 Å². The normalized spacial score (nSPS) is 10.2. The molecule has 1 N–H and O–H groups in total. The Balaban J connectivity index is 2.64. The fourth-order valence-electron chi connectivity index (χ4n) is 2.65. The van der Waals surface area contributed by atoms with Gasteiger partial charge >= 0.3 is 0 Å². The highest BCUT2D eigenvalue weighted by molar-refractivity contribution is 9.09. The summed E-state index contributed by atoms with van der Waals surface area (Å²) in [6.45, 7) is 1.34. The molecule has 0 spiro atoms. The number of carbonyl (C=O) groups is 3. The van der Waals surface area contributed by atoms with Gasteiger partial charge in [0.25, 0.3) is 0 Å². The molecule has 0 aliphatic heterocycles. The van der Waals surface area contributed by atoms with Gasteiger partial charge in [0.05, 0.1) is 32.3 Å². The molecule has 0 aromatic heterocycles. The summed E-state index contributed by atoms with van der Waals surface area (Å²) < 4.78 is 15.9. The lowest BCUT2D eigenvalue weighted by atomic mass is 9.97. The summed E-state index contributed by atoms with van der Waals surface area (Å²) >= 11 is 3.12. The van der Waals surface area contributed by atoms with Gasteiger partial charge in [-0.15, -0.1) is 0 Å². The highest BCUT2D eigenvalue weighted by Crippen LogP contribution is 2.39. The second kappa shape index (κ2) is 9.36. The molecule has 7 nitrogen and oxygen atoms in total. The largest absolute Gasteiger partial charge is 0.493 e. The molecule has 0 fully saturated rings. The highest BCUT2D eigenvalue weighted by atomic mass is 79.9. The molecule has 0 unspecified atom stereocenters. The van der Waals surface area contributed by atoms with Crippen molar-refractivity contribution < 1.29 is 28.6 Å². The van der Waals surface area contributed by atoms with Crippen LogP contribution in [-0.4, -0.2) is 44.1 Å². The van der Waals surface area contributed by atoms with Gasteiger partial charge in [0.1, 0.15) is 0 Å². The SMILES string of the molecule is COc1cc(C(=O)c2cc(C(=O)CBr)ccc2NC(C)=O)cc(OC)c1OC. The molecule has 28 heavy (non-hydrogen) atoms. The van der Waals surface area contributed by atoms with Crippen LogP contribution in [0.3, 0.4) is 0 Å². The van der Waals surface area contributed by atoms with E-state index in [0.29, 0.717) is 28.5 Å². The minimum Gasteiger partial charge on any atom is -0.493 e. The lowest BCUT2D eigenvalue weighted by molar-refractivity contribution is -0.114. The van der Waals surface area contributed by atoms with Crippen molar-refractivity contribution in [1.82, 2.24) is 0 Å². The van der Waals surface area contributed by atoms with Gasteiger partial charge < -0.3 is 19.5 Å². The van der Waals surface area contributed by atoms with Gasteiger partial charge in [-0.3, -0.25) is 14.4 Å². The number of ether oxygens (including phenoxy) is 3. The van der Waals surface area contributed by atoms with E-state index in [2.05, 4.69) is 21.2 Å². The maximum absolute atomic E-state index is 13.2. The Kier molecular flexibility index (Phi) is 7.17. The van der Waals surface area contributed by atoms with Gasteiger partial charge in [-0.1, -0.05) is 15.9 Å². The van der Waals surface area contributed by atoms with Crippen molar-refractivity contribution in [3.05, 3.63) is 47.0 Å². The second-order valence-corrected chi connectivity index (χ2v) is 6.30. The van der Waals surface area contributed by atoms with Gasteiger partial charge in [0.2, 0.25) is 11.7 Å². The second-order valence-electron chi connectivity index (χ2n) is 5.74. The lowest BCUT2D eigenvalue weighted by Crippen LogP contribution is -2.13. The zero-order valence-corrected chi connectivity index (χ0v) is 17.5. The van der Waals surface area contributed by atoms with E-state index in [-0.39, 0.29) is 28.1 Å². The van der Waals surface area contributed by atoms with E-state index in [1.807, 2.05) is 0 Å². The number of ketones is 2. The summed E-state index contributed by atoms with van der Waals surface area (Å²) in [4.78, 5) is 36.8. The molecule has 2 rings (SSSR count). The van der Waals surface area contributed by atoms with Gasteiger partial charge in [-0.05, 0) is 30.3 Å². The molecule has 2 aromatic rings. The van der Waals surface area contributed by atoms with E-state index in [4.69, 9.17) is 14.2 Å². The lowest BCUT2D eigenvalue weighted by Gasteiger charge is -2.15. The topological polar surface area (TPSA) is 90.9 Å². The minimum atomic E-state index is -0.410. The number of alkyl halides is 1. The van der Waals surface area contributed by atoms with Crippen LogP contribution in [0, 0.1) is 0 Å². The molecule has 0 bridgehead atoms. The maximum atomic E-state index is 13.2. The van der Waals surface area contributed by atoms with Crippen molar-refractivity contribution in [3.8, 4) is 17.2 Å². The van der Waals surface area contributed by atoms with Gasteiger partial charge in [-0.25, -0.2) is 0 Å². The summed E-state index contributed by atoms with van der Waals surface area (Å²) in [5, 5.41) is 2.73. The molecule has 0 aliphatic carbocycles. The van der Waals surface area contributed by atoms with Crippen molar-refractivity contribution in [2.45, 2.75) is 6.92 Å². The van der Waals surface area contributed by atoms with Crippen LogP contribution < -0.4 is 19.5 Å². The monoisotopic (exact) mass is 449 g/mol. The molecule has 0 saturated heterocycles. The third kappa shape index (κ3) is 4.51. The first-order valence-electron chi connectivity index (χ1n) is 8.21. The van der Waals surface area contributed by atoms with Crippen LogP contribution in [-0.2, 0) is 4.79 Å². The molecule has 0 atom stereocenters. The first kappa shape index (κ1) is 21.4. The predicted molar refractivity (Wildman–Crippen MR) is 108 cm³/mol. The number of anilines is 1. The van der Waals surface area contributed by atoms with Crippen molar-refractivity contribution >= 4 is 39.1 Å². The Morgan fingerprint density at radius 2 is 1.54 bits per heavy atom. The third-order valence-corrected chi connectivity index (χ3v) is 4.45. The number of rotatable bonds is 8. The van der Waals surface area contributed by atoms with Crippen LogP contribution in [0.5, 0.6) is 17.2 Å². The summed E-state index contributed by atoms with van der Waals surface area (Å²) in [7, 11) is 4.36. The number of amides is 1. The fraction of sp³-hybridized carbons (Fsp3) is 0.250.